The fourth-order valence-corrected chi connectivity index (χ4v) is 9.02. The van der Waals surface area contributed by atoms with Crippen molar-refractivity contribution in [2.45, 2.75) is 13.5 Å². The molecule has 0 spiro atoms. The molecule has 0 atom stereocenters. The predicted molar refractivity (Wildman–Crippen MR) is 174 cm³/mol. The van der Waals surface area contributed by atoms with Crippen LogP contribution in [0.4, 0.5) is 25.2 Å². The molecule has 0 bridgehead atoms. The molecule has 0 aromatic heterocycles. The summed E-state index contributed by atoms with van der Waals surface area (Å²) in [6.07, 6.45) is 0. The Morgan fingerprint density at radius 2 is 0.841 bits per heavy atom. The van der Waals surface area contributed by atoms with Gasteiger partial charge in [0, 0.05) is 6.54 Å². The normalized spacial score (nSPS) is 12.9. The fraction of sp³-hybridized carbons (Fsp3) is 0.0882. The molecule has 0 aliphatic carbocycles. The van der Waals surface area contributed by atoms with Crippen molar-refractivity contribution in [3.05, 3.63) is 145 Å². The van der Waals surface area contributed by atoms with Crippen LogP contribution in [0.25, 0.3) is 11.1 Å². The van der Waals surface area contributed by atoms with Gasteiger partial charge in [-0.3, -0.25) is 0 Å². The molecule has 0 N–H and O–H groups in total. The summed E-state index contributed by atoms with van der Waals surface area (Å²) in [5.41, 5.74) is 3.56. The van der Waals surface area contributed by atoms with E-state index >= 15 is 0 Å². The Bertz CT molecular complexity index is 1600. The van der Waals surface area contributed by atoms with Crippen LogP contribution in [0.2, 0.25) is 0 Å². The summed E-state index contributed by atoms with van der Waals surface area (Å²) < 4.78 is 59.2. The zero-order valence-electron chi connectivity index (χ0n) is 23.7. The Kier molecular flexibility index (Phi) is 9.61. The Morgan fingerprint density at radius 3 is 1.20 bits per heavy atom. The van der Waals surface area contributed by atoms with Crippen LogP contribution in [0.1, 0.15) is 12.5 Å². The van der Waals surface area contributed by atoms with Crippen LogP contribution in [0, 0.1) is 0 Å². The maximum atomic E-state index is 9.87. The Hall–Kier alpha value is -4.08. The van der Waals surface area contributed by atoms with Gasteiger partial charge in [-0.25, -0.2) is 9.98 Å². The molecule has 5 rings (SSSR count). The molecule has 10 heteroatoms. The zero-order valence-corrected chi connectivity index (χ0v) is 25.5. The number of hydrogen-bond acceptors (Lipinski definition) is 2. The molecular formula is C34H30F6N2P2. The third-order valence-electron chi connectivity index (χ3n) is 6.53. The quantitative estimate of drug-likeness (QED) is 0.0915. The molecule has 0 radical (unpaired) electrons. The van der Waals surface area contributed by atoms with Gasteiger partial charge in [-0.2, -0.15) is 0 Å². The van der Waals surface area contributed by atoms with E-state index in [4.69, 9.17) is 0 Å². The SMILES string of the molecule is CCN=C=NCc1ccc(-c2ccc([P+](c3ccccc3)(c3ccccc3)c3ccccc3)cc2)cc1.F[P-](F)(F)(F)(F)F. The average Bonchev–Trinajstić information content (AvgIpc) is 3.01. The molecule has 0 saturated heterocycles. The number of rotatable bonds is 8. The summed E-state index contributed by atoms with van der Waals surface area (Å²) >= 11 is 0. The van der Waals surface area contributed by atoms with Gasteiger partial charge in [0.15, 0.2) is 0 Å². The van der Waals surface area contributed by atoms with Gasteiger partial charge in [0.2, 0.25) is 0 Å². The first-order chi connectivity index (χ1) is 20.8. The third-order valence-corrected chi connectivity index (χ3v) is 10.8. The van der Waals surface area contributed by atoms with Crippen LogP contribution >= 0.6 is 15.1 Å². The number of benzene rings is 5. The van der Waals surface area contributed by atoms with Gasteiger partial charge in [-0.1, -0.05) is 91.0 Å². The van der Waals surface area contributed by atoms with Crippen LogP contribution < -0.4 is 21.2 Å². The van der Waals surface area contributed by atoms with Crippen molar-refractivity contribution < 1.29 is 25.2 Å². The number of halogens is 6. The zero-order chi connectivity index (χ0) is 31.7. The summed E-state index contributed by atoms with van der Waals surface area (Å²) in [7, 11) is -12.7. The van der Waals surface area contributed by atoms with Crippen LogP contribution in [0.5, 0.6) is 0 Å². The van der Waals surface area contributed by atoms with Crippen molar-refractivity contribution in [2.75, 3.05) is 6.54 Å². The van der Waals surface area contributed by atoms with Crippen molar-refractivity contribution in [1.29, 1.82) is 0 Å². The van der Waals surface area contributed by atoms with Crippen LogP contribution in [-0.2, 0) is 6.54 Å². The van der Waals surface area contributed by atoms with E-state index in [2.05, 4.69) is 156 Å². The summed E-state index contributed by atoms with van der Waals surface area (Å²) in [4.78, 5) is 8.28. The third kappa shape index (κ3) is 9.46. The molecule has 0 heterocycles. The van der Waals surface area contributed by atoms with Crippen LogP contribution in [0.3, 0.4) is 0 Å². The molecule has 2 nitrogen and oxygen atoms in total. The van der Waals surface area contributed by atoms with Crippen LogP contribution in [0.15, 0.2) is 150 Å². The summed E-state index contributed by atoms with van der Waals surface area (Å²) in [5, 5.41) is 5.42. The van der Waals surface area contributed by atoms with E-state index in [9.17, 15) is 25.2 Å². The molecule has 0 aliphatic heterocycles. The first kappa shape index (κ1) is 32.8. The second-order valence-electron chi connectivity index (χ2n) is 9.77. The molecule has 44 heavy (non-hydrogen) atoms. The first-order valence-corrected chi connectivity index (χ1v) is 17.5. The van der Waals surface area contributed by atoms with E-state index in [0.29, 0.717) is 13.1 Å². The topological polar surface area (TPSA) is 24.7 Å². The van der Waals surface area contributed by atoms with Crippen LogP contribution in [-0.4, -0.2) is 12.6 Å². The summed E-state index contributed by atoms with van der Waals surface area (Å²) in [5.74, 6) is 0. The molecule has 228 valence electrons. The van der Waals surface area contributed by atoms with Gasteiger partial charge in [-0.05, 0) is 72.1 Å². The van der Waals surface area contributed by atoms with Gasteiger partial charge < -0.3 is 0 Å². The van der Waals surface area contributed by atoms with E-state index < -0.39 is 15.1 Å². The van der Waals surface area contributed by atoms with Gasteiger partial charge in [0.05, 0.1) is 12.6 Å². The first-order valence-electron chi connectivity index (χ1n) is 13.7. The molecule has 0 unspecified atom stereocenters. The van der Waals surface area contributed by atoms with Gasteiger partial charge in [-0.15, -0.1) is 0 Å². The van der Waals surface area contributed by atoms with E-state index in [1.54, 1.807) is 0 Å². The predicted octanol–water partition coefficient (Wildman–Crippen LogP) is 10.0. The van der Waals surface area contributed by atoms with Gasteiger partial charge >= 0.3 is 33.0 Å². The Balaban J connectivity index is 0.000000566. The van der Waals surface area contributed by atoms with Crippen molar-refractivity contribution >= 4 is 42.3 Å². The van der Waals surface area contributed by atoms with Crippen molar-refractivity contribution in [3.8, 4) is 11.1 Å². The minimum absolute atomic E-state index is 0.598. The van der Waals surface area contributed by atoms with Gasteiger partial charge in [0.25, 0.3) is 0 Å². The van der Waals surface area contributed by atoms with E-state index in [0.717, 1.165) is 5.56 Å². The van der Waals surface area contributed by atoms with Crippen molar-refractivity contribution in [2.24, 2.45) is 9.98 Å². The molecule has 0 amide bonds. The minimum atomic E-state index is -10.7. The Labute approximate surface area is 253 Å². The molecular weight excluding hydrogens is 612 g/mol. The standard InChI is InChI=1S/C34H30N2P.F6P/c1-2-35-27-36-26-28-18-20-29(21-19-28)30-22-24-34(25-23-30)37(31-12-6-3-7-13-31,32-14-8-4-9-15-32)33-16-10-5-11-17-33;1-7(2,3,4,5)6/h3-25H,2,26H2,1H3;/q+1;-1. The summed E-state index contributed by atoms with van der Waals surface area (Å²) in [6.45, 7) is 3.29. The second-order valence-corrected chi connectivity index (χ2v) is 15.1. The average molecular weight is 643 g/mol. The summed E-state index contributed by atoms with van der Waals surface area (Å²) in [6, 6.07) is 53.5. The van der Waals surface area contributed by atoms with E-state index in [1.165, 1.54) is 32.3 Å². The van der Waals surface area contributed by atoms with E-state index in [1.807, 2.05) is 6.92 Å². The number of aliphatic imine (C=N–C) groups is 2. The monoisotopic (exact) mass is 642 g/mol. The van der Waals surface area contributed by atoms with Crippen molar-refractivity contribution in [3.63, 3.8) is 0 Å². The fourth-order valence-electron chi connectivity index (χ4n) is 4.78. The second kappa shape index (κ2) is 12.9. The Morgan fingerprint density at radius 1 is 0.500 bits per heavy atom. The molecule has 0 fully saturated rings. The number of hydrogen-bond donors (Lipinski definition) is 0. The molecule has 0 aliphatic rings. The van der Waals surface area contributed by atoms with Gasteiger partial charge in [0.1, 0.15) is 28.5 Å². The maximum absolute atomic E-state index is 10.7. The van der Waals surface area contributed by atoms with Crippen molar-refractivity contribution in [1.82, 2.24) is 0 Å². The molecule has 5 aromatic rings. The number of nitrogens with zero attached hydrogens (tertiary/aromatic N) is 2. The molecule has 5 aromatic carbocycles. The van der Waals surface area contributed by atoms with E-state index in [-0.39, 0.29) is 0 Å². The molecule has 0 saturated carbocycles.